The Labute approximate surface area is 164 Å². The molecule has 0 fully saturated rings. The first-order chi connectivity index (χ1) is 13.2. The van der Waals surface area contributed by atoms with Crippen molar-refractivity contribution in [1.82, 2.24) is 0 Å². The van der Waals surface area contributed by atoms with Crippen LogP contribution in [-0.4, -0.2) is 5.91 Å². The maximum atomic E-state index is 12.6. The van der Waals surface area contributed by atoms with Crippen molar-refractivity contribution in [3.05, 3.63) is 81.0 Å². The third-order valence-electron chi connectivity index (χ3n) is 4.14. The Morgan fingerprint density at radius 1 is 1.07 bits per heavy atom. The van der Waals surface area contributed by atoms with Crippen molar-refractivity contribution in [2.24, 2.45) is 0 Å². The van der Waals surface area contributed by atoms with Gasteiger partial charge in [-0.1, -0.05) is 18.2 Å². The third-order valence-corrected chi connectivity index (χ3v) is 5.12. The molecule has 0 radical (unpaired) electrons. The Hall–Kier alpha value is -2.80. The molecular formula is C21H18F3NO2S. The quantitative estimate of drug-likeness (QED) is 0.548. The van der Waals surface area contributed by atoms with E-state index in [1.807, 2.05) is 37.4 Å². The molecule has 1 N–H and O–H groups in total. The summed E-state index contributed by atoms with van der Waals surface area (Å²) in [4.78, 5) is 12.8. The number of hydrogen-bond donors (Lipinski definition) is 1. The van der Waals surface area contributed by atoms with Gasteiger partial charge in [0.15, 0.2) is 0 Å². The average molecular weight is 405 g/mol. The lowest BCUT2D eigenvalue weighted by molar-refractivity contribution is -0.137. The van der Waals surface area contributed by atoms with Gasteiger partial charge in [-0.2, -0.15) is 13.2 Å². The minimum absolute atomic E-state index is 0.305. The van der Waals surface area contributed by atoms with Gasteiger partial charge in [-0.05, 0) is 60.7 Å². The van der Waals surface area contributed by atoms with Gasteiger partial charge in [0.25, 0.3) is 5.91 Å². The standard InChI is InChI=1S/C21H18F3NO2S/c1-13-4-3-5-14(2)19(13)27-11-15-10-18(28-12-15)20(26)25-17-8-6-16(7-9-17)21(22,23)24/h3-10,12H,11H2,1-2H3,(H,25,26). The average Bonchev–Trinajstić information content (AvgIpc) is 3.10. The number of nitrogens with one attached hydrogen (secondary N) is 1. The number of ether oxygens (including phenoxy) is 1. The predicted octanol–water partition coefficient (Wildman–Crippen LogP) is 6.22. The summed E-state index contributed by atoms with van der Waals surface area (Å²) in [5, 5.41) is 4.43. The van der Waals surface area contributed by atoms with E-state index in [9.17, 15) is 18.0 Å². The number of aryl methyl sites for hydroxylation is 2. The smallest absolute Gasteiger partial charge is 0.416 e. The van der Waals surface area contributed by atoms with E-state index in [-0.39, 0.29) is 5.91 Å². The number of para-hydroxylation sites is 1. The van der Waals surface area contributed by atoms with Crippen molar-refractivity contribution < 1.29 is 22.7 Å². The molecule has 0 unspecified atom stereocenters. The van der Waals surface area contributed by atoms with Crippen LogP contribution in [0.3, 0.4) is 0 Å². The number of halogens is 3. The van der Waals surface area contributed by atoms with Crippen molar-refractivity contribution in [3.8, 4) is 5.75 Å². The number of amides is 1. The number of rotatable bonds is 5. The largest absolute Gasteiger partial charge is 0.488 e. The molecular weight excluding hydrogens is 387 g/mol. The second kappa shape index (κ2) is 8.06. The van der Waals surface area contributed by atoms with E-state index >= 15 is 0 Å². The molecule has 146 valence electrons. The number of anilines is 1. The van der Waals surface area contributed by atoms with Gasteiger partial charge in [0.05, 0.1) is 10.4 Å². The first-order valence-electron chi connectivity index (χ1n) is 8.49. The normalized spacial score (nSPS) is 11.3. The summed E-state index contributed by atoms with van der Waals surface area (Å²) in [6, 6.07) is 12.0. The summed E-state index contributed by atoms with van der Waals surface area (Å²) in [5.41, 5.74) is 2.48. The number of carbonyl (C=O) groups is 1. The van der Waals surface area contributed by atoms with E-state index in [1.54, 1.807) is 6.07 Å². The van der Waals surface area contributed by atoms with E-state index < -0.39 is 11.7 Å². The number of hydrogen-bond acceptors (Lipinski definition) is 3. The highest BCUT2D eigenvalue weighted by Gasteiger charge is 2.30. The summed E-state index contributed by atoms with van der Waals surface area (Å²) in [7, 11) is 0. The zero-order valence-electron chi connectivity index (χ0n) is 15.3. The molecule has 0 saturated heterocycles. The molecule has 0 bridgehead atoms. The van der Waals surface area contributed by atoms with Crippen LogP contribution in [0, 0.1) is 13.8 Å². The van der Waals surface area contributed by atoms with Gasteiger partial charge in [0.1, 0.15) is 12.4 Å². The van der Waals surface area contributed by atoms with Gasteiger partial charge >= 0.3 is 6.18 Å². The second-order valence-electron chi connectivity index (χ2n) is 6.36. The number of benzene rings is 2. The molecule has 0 spiro atoms. The van der Waals surface area contributed by atoms with Crippen molar-refractivity contribution in [2.75, 3.05) is 5.32 Å². The summed E-state index contributed by atoms with van der Waals surface area (Å²) in [5.74, 6) is 0.451. The zero-order chi connectivity index (χ0) is 20.3. The number of alkyl halides is 3. The monoisotopic (exact) mass is 405 g/mol. The van der Waals surface area contributed by atoms with Gasteiger partial charge < -0.3 is 10.1 Å². The molecule has 7 heteroatoms. The lowest BCUT2D eigenvalue weighted by Crippen LogP contribution is -2.11. The van der Waals surface area contributed by atoms with E-state index in [1.165, 1.54) is 23.5 Å². The zero-order valence-corrected chi connectivity index (χ0v) is 16.1. The maximum Gasteiger partial charge on any atom is 0.416 e. The summed E-state index contributed by atoms with van der Waals surface area (Å²) in [6.07, 6.45) is -4.40. The molecule has 3 rings (SSSR count). The summed E-state index contributed by atoms with van der Waals surface area (Å²) < 4.78 is 43.7. The van der Waals surface area contributed by atoms with Crippen LogP contribution in [0.25, 0.3) is 0 Å². The first-order valence-corrected chi connectivity index (χ1v) is 9.37. The number of thiophene rings is 1. The molecule has 3 aromatic rings. The van der Waals surface area contributed by atoms with Gasteiger partial charge in [0, 0.05) is 11.3 Å². The van der Waals surface area contributed by atoms with Crippen molar-refractivity contribution in [2.45, 2.75) is 26.6 Å². The topological polar surface area (TPSA) is 38.3 Å². The fourth-order valence-corrected chi connectivity index (χ4v) is 3.48. The van der Waals surface area contributed by atoms with Crippen LogP contribution in [0.2, 0.25) is 0 Å². The van der Waals surface area contributed by atoms with Gasteiger partial charge in [-0.3, -0.25) is 4.79 Å². The van der Waals surface area contributed by atoms with Crippen molar-refractivity contribution in [3.63, 3.8) is 0 Å². The molecule has 1 aromatic heterocycles. The summed E-state index contributed by atoms with van der Waals surface area (Å²) in [6.45, 7) is 4.27. The minimum atomic E-state index is -4.40. The van der Waals surface area contributed by atoms with Crippen molar-refractivity contribution >= 4 is 22.9 Å². The molecule has 1 amide bonds. The SMILES string of the molecule is Cc1cccc(C)c1OCc1csc(C(=O)Nc2ccc(C(F)(F)F)cc2)c1. The van der Waals surface area contributed by atoms with Crippen LogP contribution in [-0.2, 0) is 12.8 Å². The Morgan fingerprint density at radius 2 is 1.71 bits per heavy atom. The maximum absolute atomic E-state index is 12.6. The second-order valence-corrected chi connectivity index (χ2v) is 7.27. The van der Waals surface area contributed by atoms with E-state index in [0.29, 0.717) is 17.2 Å². The molecule has 0 aliphatic heterocycles. The van der Waals surface area contributed by atoms with Gasteiger partial charge in [0.2, 0.25) is 0 Å². The third kappa shape index (κ3) is 4.72. The van der Waals surface area contributed by atoms with E-state index in [4.69, 9.17) is 4.74 Å². The highest BCUT2D eigenvalue weighted by Crippen LogP contribution is 2.30. The van der Waals surface area contributed by atoms with Crippen LogP contribution >= 0.6 is 11.3 Å². The lowest BCUT2D eigenvalue weighted by atomic mass is 10.1. The number of carbonyl (C=O) groups excluding carboxylic acids is 1. The van der Waals surface area contributed by atoms with Crippen molar-refractivity contribution in [1.29, 1.82) is 0 Å². The highest BCUT2D eigenvalue weighted by atomic mass is 32.1. The van der Waals surface area contributed by atoms with Crippen LogP contribution < -0.4 is 10.1 Å². The van der Waals surface area contributed by atoms with Crippen LogP contribution in [0.1, 0.15) is 31.9 Å². The Kier molecular flexibility index (Phi) is 5.74. The molecule has 3 nitrogen and oxygen atoms in total. The first kappa shape index (κ1) is 19.9. The van der Waals surface area contributed by atoms with Gasteiger partial charge in [-0.15, -0.1) is 11.3 Å². The molecule has 1 heterocycles. The van der Waals surface area contributed by atoms with Gasteiger partial charge in [-0.25, -0.2) is 0 Å². The predicted molar refractivity (Wildman–Crippen MR) is 104 cm³/mol. The Balaban J connectivity index is 1.62. The summed E-state index contributed by atoms with van der Waals surface area (Å²) >= 11 is 1.26. The fourth-order valence-electron chi connectivity index (χ4n) is 2.69. The van der Waals surface area contributed by atoms with Crippen LogP contribution in [0.5, 0.6) is 5.75 Å². The molecule has 28 heavy (non-hydrogen) atoms. The Bertz CT molecular complexity index is 958. The fraction of sp³-hybridized carbons (Fsp3) is 0.190. The molecule has 0 saturated carbocycles. The highest BCUT2D eigenvalue weighted by molar-refractivity contribution is 7.12. The van der Waals surface area contributed by atoms with Crippen LogP contribution in [0.15, 0.2) is 53.9 Å². The van der Waals surface area contributed by atoms with E-state index in [2.05, 4.69) is 5.32 Å². The molecule has 2 aromatic carbocycles. The molecule has 0 aliphatic carbocycles. The minimum Gasteiger partial charge on any atom is -0.488 e. The van der Waals surface area contributed by atoms with Crippen LogP contribution in [0.4, 0.5) is 18.9 Å². The molecule has 0 aliphatic rings. The Morgan fingerprint density at radius 3 is 2.32 bits per heavy atom. The lowest BCUT2D eigenvalue weighted by Gasteiger charge is -2.11. The molecule has 0 atom stereocenters. The van der Waals surface area contributed by atoms with E-state index in [0.717, 1.165) is 34.6 Å².